The Morgan fingerprint density at radius 1 is 1.19 bits per heavy atom. The van der Waals surface area contributed by atoms with Gasteiger partial charge in [-0.15, -0.1) is 5.10 Å². The monoisotopic (exact) mass is 558 g/mol. The summed E-state index contributed by atoms with van der Waals surface area (Å²) in [5, 5.41) is 3.90. The molecule has 0 N–H and O–H groups in total. The van der Waals surface area contributed by atoms with Crippen LogP contribution < -0.4 is 4.74 Å². The van der Waals surface area contributed by atoms with Crippen LogP contribution in [0.1, 0.15) is 23.2 Å². The quantitative estimate of drug-likeness (QED) is 0.270. The number of amides is 1. The maximum Gasteiger partial charge on any atom is 0.392 e. The van der Waals surface area contributed by atoms with Crippen molar-refractivity contribution in [1.82, 2.24) is 19.1 Å². The second-order valence-electron chi connectivity index (χ2n) is 8.28. The first-order chi connectivity index (χ1) is 17.5. The Bertz CT molecular complexity index is 1370. The number of carbonyl (C=O) groups is 1. The number of alkyl halides is 3. The highest BCUT2D eigenvalue weighted by Gasteiger charge is 2.55. The van der Waals surface area contributed by atoms with Gasteiger partial charge in [0.25, 0.3) is 15.9 Å². The van der Waals surface area contributed by atoms with Gasteiger partial charge in [0, 0.05) is 19.4 Å². The first kappa shape index (κ1) is 26.9. The first-order valence-corrected chi connectivity index (χ1v) is 12.9. The fourth-order valence-electron chi connectivity index (χ4n) is 3.71. The van der Waals surface area contributed by atoms with Gasteiger partial charge >= 0.3 is 6.18 Å². The molecule has 1 fully saturated rings. The van der Waals surface area contributed by atoms with E-state index in [1.54, 1.807) is 6.07 Å². The van der Waals surface area contributed by atoms with E-state index in [9.17, 15) is 26.4 Å². The molecule has 0 saturated heterocycles. The molecule has 0 bridgehead atoms. The largest absolute Gasteiger partial charge is 0.477 e. The van der Waals surface area contributed by atoms with Crippen molar-refractivity contribution in [2.45, 2.75) is 23.9 Å². The van der Waals surface area contributed by atoms with Crippen LogP contribution in [0.15, 0.2) is 59.6 Å². The molecule has 1 amide bonds. The van der Waals surface area contributed by atoms with Crippen LogP contribution in [0.2, 0.25) is 5.15 Å². The topological polar surface area (TPSA) is 104 Å². The molecule has 0 radical (unpaired) electrons. The highest BCUT2D eigenvalue weighted by atomic mass is 35.5. The number of ether oxygens (including phenoxy) is 2. The number of nitrogens with zero attached hydrogens (tertiary/aromatic N) is 4. The summed E-state index contributed by atoms with van der Waals surface area (Å²) in [6.07, 6.45) is -2.29. The van der Waals surface area contributed by atoms with Gasteiger partial charge in [-0.1, -0.05) is 29.8 Å². The molecule has 9 nitrogen and oxygen atoms in total. The van der Waals surface area contributed by atoms with Gasteiger partial charge in [0.1, 0.15) is 11.9 Å². The molecule has 37 heavy (non-hydrogen) atoms. The molecule has 2 aromatic heterocycles. The van der Waals surface area contributed by atoms with Gasteiger partial charge in [-0.2, -0.15) is 13.2 Å². The van der Waals surface area contributed by atoms with E-state index in [4.69, 9.17) is 21.1 Å². The fourth-order valence-corrected chi connectivity index (χ4v) is 5.26. The Morgan fingerprint density at radius 2 is 1.92 bits per heavy atom. The van der Waals surface area contributed by atoms with E-state index in [1.807, 2.05) is 0 Å². The zero-order chi connectivity index (χ0) is 26.8. The standard InChI is InChI=1S/C23H22ClF3N4O5S/c1-35-14-31(37(33,34)16-5-3-2-4-6-16)22(32)17-7-8-19(28-21(17)24)30-11-9-20(29-30)36-12-10-15-13-18(15)23(25,26)27/h2-9,11,15,18H,10,12-14H2,1H3. The summed E-state index contributed by atoms with van der Waals surface area (Å²) in [5.74, 6) is -2.24. The molecule has 3 aromatic rings. The zero-order valence-electron chi connectivity index (χ0n) is 19.4. The van der Waals surface area contributed by atoms with Crippen molar-refractivity contribution in [3.63, 3.8) is 0 Å². The fraction of sp³-hybridized carbons (Fsp3) is 0.348. The van der Waals surface area contributed by atoms with E-state index >= 15 is 0 Å². The average Bonchev–Trinajstić information content (AvgIpc) is 3.51. The van der Waals surface area contributed by atoms with Gasteiger partial charge in [-0.05, 0) is 43.0 Å². The lowest BCUT2D eigenvalue weighted by atomic mass is 10.2. The highest BCUT2D eigenvalue weighted by Crippen LogP contribution is 2.51. The Hall–Kier alpha value is -3.16. The van der Waals surface area contributed by atoms with Gasteiger partial charge in [0.05, 0.1) is 23.0 Å². The molecule has 1 saturated carbocycles. The van der Waals surface area contributed by atoms with Crippen LogP contribution in [0.25, 0.3) is 5.82 Å². The molecular weight excluding hydrogens is 537 g/mol. The summed E-state index contributed by atoms with van der Waals surface area (Å²) in [5.41, 5.74) is -0.172. The third-order valence-corrected chi connectivity index (χ3v) is 7.76. The second kappa shape index (κ2) is 10.7. The molecule has 0 aliphatic heterocycles. The van der Waals surface area contributed by atoms with E-state index in [0.717, 1.165) is 0 Å². The summed E-state index contributed by atoms with van der Waals surface area (Å²) in [7, 11) is -2.98. The summed E-state index contributed by atoms with van der Waals surface area (Å²) < 4.78 is 76.2. The van der Waals surface area contributed by atoms with Crippen molar-refractivity contribution in [2.75, 3.05) is 20.4 Å². The number of rotatable bonds is 10. The zero-order valence-corrected chi connectivity index (χ0v) is 21.0. The summed E-state index contributed by atoms with van der Waals surface area (Å²) in [6.45, 7) is -0.459. The molecule has 14 heteroatoms. The van der Waals surface area contributed by atoms with Crippen LogP contribution in [0.4, 0.5) is 13.2 Å². The van der Waals surface area contributed by atoms with Crippen LogP contribution in [0, 0.1) is 11.8 Å². The molecular formula is C23H22ClF3N4O5S. The SMILES string of the molecule is COCN(C(=O)c1ccc(-n2ccc(OCCC3CC3C(F)(F)F)n2)nc1Cl)S(=O)(=O)c1ccccc1. The van der Waals surface area contributed by atoms with Crippen LogP contribution in [0.5, 0.6) is 5.88 Å². The maximum absolute atomic E-state index is 13.1. The molecule has 1 aliphatic rings. The van der Waals surface area contributed by atoms with Gasteiger partial charge in [-0.25, -0.2) is 22.4 Å². The lowest BCUT2D eigenvalue weighted by Crippen LogP contribution is -2.38. The number of carbonyl (C=O) groups excluding carboxylic acids is 1. The molecule has 4 rings (SSSR count). The minimum Gasteiger partial charge on any atom is -0.477 e. The molecule has 2 atom stereocenters. The van der Waals surface area contributed by atoms with Gasteiger partial charge in [-0.3, -0.25) is 4.79 Å². The summed E-state index contributed by atoms with van der Waals surface area (Å²) in [6, 6.07) is 11.6. The normalized spacial score (nSPS) is 17.4. The molecule has 198 valence electrons. The first-order valence-electron chi connectivity index (χ1n) is 11.1. The van der Waals surface area contributed by atoms with E-state index in [-0.39, 0.29) is 46.8 Å². The predicted octanol–water partition coefficient (Wildman–Crippen LogP) is 4.32. The Morgan fingerprint density at radius 3 is 2.54 bits per heavy atom. The smallest absolute Gasteiger partial charge is 0.392 e. The van der Waals surface area contributed by atoms with Crippen molar-refractivity contribution in [3.8, 4) is 11.7 Å². The molecule has 2 heterocycles. The van der Waals surface area contributed by atoms with Crippen LogP contribution in [0.3, 0.4) is 0 Å². The van der Waals surface area contributed by atoms with E-state index in [0.29, 0.717) is 4.31 Å². The number of benzene rings is 1. The average molecular weight is 559 g/mol. The minimum absolute atomic E-state index is 0.0844. The number of pyridine rings is 1. The molecule has 1 aliphatic carbocycles. The lowest BCUT2D eigenvalue weighted by Gasteiger charge is -2.22. The van der Waals surface area contributed by atoms with E-state index < -0.39 is 40.7 Å². The number of halogens is 4. The number of sulfonamides is 1. The van der Waals surface area contributed by atoms with Crippen molar-refractivity contribution >= 4 is 27.5 Å². The third kappa shape index (κ3) is 6.05. The Balaban J connectivity index is 1.45. The van der Waals surface area contributed by atoms with Gasteiger partial charge in [0.15, 0.2) is 5.82 Å². The predicted molar refractivity (Wildman–Crippen MR) is 126 cm³/mol. The van der Waals surface area contributed by atoms with Gasteiger partial charge < -0.3 is 9.47 Å². The summed E-state index contributed by atoms with van der Waals surface area (Å²) in [4.78, 5) is 17.2. The maximum atomic E-state index is 13.1. The highest BCUT2D eigenvalue weighted by molar-refractivity contribution is 7.89. The Labute approximate surface area is 215 Å². The number of hydrogen-bond donors (Lipinski definition) is 0. The van der Waals surface area contributed by atoms with Crippen molar-refractivity contribution in [3.05, 3.63) is 65.4 Å². The van der Waals surface area contributed by atoms with Crippen molar-refractivity contribution < 1.29 is 35.9 Å². The van der Waals surface area contributed by atoms with Crippen LogP contribution in [-0.2, 0) is 14.8 Å². The molecule has 1 aromatic carbocycles. The van der Waals surface area contributed by atoms with Crippen molar-refractivity contribution in [2.24, 2.45) is 11.8 Å². The number of hydrogen-bond acceptors (Lipinski definition) is 7. The molecule has 2 unspecified atom stereocenters. The lowest BCUT2D eigenvalue weighted by molar-refractivity contribution is -0.151. The Kier molecular flexibility index (Phi) is 7.76. The number of aromatic nitrogens is 3. The second-order valence-corrected chi connectivity index (χ2v) is 10.5. The number of methoxy groups -OCH3 is 1. The van der Waals surface area contributed by atoms with Gasteiger partial charge in [0.2, 0.25) is 5.88 Å². The van der Waals surface area contributed by atoms with Crippen LogP contribution in [-0.4, -0.2) is 60.0 Å². The minimum atomic E-state index is -4.23. The van der Waals surface area contributed by atoms with E-state index in [1.165, 1.54) is 60.5 Å². The summed E-state index contributed by atoms with van der Waals surface area (Å²) >= 11 is 6.24. The third-order valence-electron chi connectivity index (χ3n) is 5.75. The van der Waals surface area contributed by atoms with E-state index in [2.05, 4.69) is 10.1 Å². The molecule has 0 spiro atoms. The van der Waals surface area contributed by atoms with Crippen LogP contribution >= 0.6 is 11.6 Å². The van der Waals surface area contributed by atoms with Crippen molar-refractivity contribution in [1.29, 1.82) is 0 Å².